The number of benzene rings is 2. The van der Waals surface area contributed by atoms with Gasteiger partial charge in [-0.2, -0.15) is 0 Å². The zero-order valence-corrected chi connectivity index (χ0v) is 17.5. The lowest BCUT2D eigenvalue weighted by Gasteiger charge is -2.23. The van der Waals surface area contributed by atoms with Gasteiger partial charge in [-0.25, -0.2) is 0 Å². The van der Waals surface area contributed by atoms with Crippen LogP contribution in [0, 0.1) is 0 Å². The molecule has 0 aromatic heterocycles. The van der Waals surface area contributed by atoms with Crippen LogP contribution in [0.4, 0.5) is 0 Å². The quantitative estimate of drug-likeness (QED) is 0.329. The highest BCUT2D eigenvalue weighted by atomic mass is 16.5. The zero-order valence-electron chi connectivity index (χ0n) is 17.5. The molecule has 4 nitrogen and oxygen atoms in total. The van der Waals surface area contributed by atoms with E-state index in [4.69, 9.17) is 9.47 Å². The first kappa shape index (κ1) is 21.1. The molecule has 1 aliphatic heterocycles. The van der Waals surface area contributed by atoms with Gasteiger partial charge in [-0.05, 0) is 57.5 Å². The van der Waals surface area contributed by atoms with E-state index < -0.39 is 0 Å². The molecule has 3 rings (SSSR count). The average molecular weight is 394 g/mol. The Morgan fingerprint density at radius 2 is 1.62 bits per heavy atom. The minimum Gasteiger partial charge on any atom is -0.466 e. The van der Waals surface area contributed by atoms with Gasteiger partial charge in [-0.15, -0.1) is 0 Å². The van der Waals surface area contributed by atoms with E-state index >= 15 is 0 Å². The lowest BCUT2D eigenvalue weighted by atomic mass is 9.93. The third kappa shape index (κ3) is 5.94. The third-order valence-electron chi connectivity index (χ3n) is 5.16. The number of fused-ring (bicyclic) bond motifs is 2. The number of rotatable bonds is 10. The van der Waals surface area contributed by atoms with Crippen molar-refractivity contribution >= 4 is 11.5 Å². The first-order valence-electron chi connectivity index (χ1n) is 10.6. The van der Waals surface area contributed by atoms with Crippen molar-refractivity contribution in [1.82, 2.24) is 4.90 Å². The molecule has 2 aromatic carbocycles. The standard InChI is InChI=1S/C25H31NO3/c1-3-28-25(27)17-5-4-10-18-26(2)19-11-14-20-21-12-6-8-15-23(21)29-24-16-9-7-13-22(20)24/h6-9,12-16H,3-5,10-11,17-19H2,1-2H3. The summed E-state index contributed by atoms with van der Waals surface area (Å²) >= 11 is 0. The van der Waals surface area contributed by atoms with Crippen LogP contribution in [0.15, 0.2) is 54.6 Å². The van der Waals surface area contributed by atoms with Gasteiger partial charge in [0.2, 0.25) is 0 Å². The Labute approximate surface area is 174 Å². The van der Waals surface area contributed by atoms with Gasteiger partial charge in [-0.1, -0.05) is 48.9 Å². The van der Waals surface area contributed by atoms with Crippen molar-refractivity contribution < 1.29 is 14.3 Å². The topological polar surface area (TPSA) is 38.8 Å². The maximum absolute atomic E-state index is 11.4. The molecule has 0 saturated heterocycles. The number of nitrogens with zero attached hydrogens (tertiary/aromatic N) is 1. The van der Waals surface area contributed by atoms with Crippen LogP contribution >= 0.6 is 0 Å². The maximum atomic E-state index is 11.4. The summed E-state index contributed by atoms with van der Waals surface area (Å²) in [7, 11) is 2.16. The van der Waals surface area contributed by atoms with Crippen LogP contribution in [-0.4, -0.2) is 37.6 Å². The van der Waals surface area contributed by atoms with Crippen LogP contribution in [0.2, 0.25) is 0 Å². The summed E-state index contributed by atoms with van der Waals surface area (Å²) in [5, 5.41) is 0. The van der Waals surface area contributed by atoms with Crippen LogP contribution in [0.1, 0.15) is 50.2 Å². The van der Waals surface area contributed by atoms with Crippen LogP contribution in [0.25, 0.3) is 5.57 Å². The molecule has 1 heterocycles. The van der Waals surface area contributed by atoms with Crippen LogP contribution in [-0.2, 0) is 9.53 Å². The Morgan fingerprint density at radius 1 is 0.966 bits per heavy atom. The molecule has 0 fully saturated rings. The van der Waals surface area contributed by atoms with Crippen LogP contribution in [0.5, 0.6) is 11.5 Å². The van der Waals surface area contributed by atoms with Crippen molar-refractivity contribution in [3.8, 4) is 11.5 Å². The van der Waals surface area contributed by atoms with Crippen molar-refractivity contribution in [3.63, 3.8) is 0 Å². The highest BCUT2D eigenvalue weighted by Crippen LogP contribution is 2.43. The summed E-state index contributed by atoms with van der Waals surface area (Å²) in [4.78, 5) is 13.7. The average Bonchev–Trinajstić information content (AvgIpc) is 2.73. The zero-order chi connectivity index (χ0) is 20.5. The fourth-order valence-electron chi connectivity index (χ4n) is 3.64. The monoisotopic (exact) mass is 393 g/mol. The van der Waals surface area contributed by atoms with Crippen molar-refractivity contribution in [2.75, 3.05) is 26.7 Å². The van der Waals surface area contributed by atoms with Crippen LogP contribution < -0.4 is 4.74 Å². The van der Waals surface area contributed by atoms with Gasteiger partial charge in [0.15, 0.2) is 0 Å². The molecule has 0 spiro atoms. The van der Waals surface area contributed by atoms with Gasteiger partial charge >= 0.3 is 5.97 Å². The lowest BCUT2D eigenvalue weighted by molar-refractivity contribution is -0.143. The predicted octanol–water partition coefficient (Wildman–Crippen LogP) is 5.67. The number of hydrogen-bond acceptors (Lipinski definition) is 4. The number of esters is 1. The summed E-state index contributed by atoms with van der Waals surface area (Å²) in [6, 6.07) is 16.5. The number of ether oxygens (including phenoxy) is 2. The molecule has 0 radical (unpaired) electrons. The summed E-state index contributed by atoms with van der Waals surface area (Å²) in [5.41, 5.74) is 3.57. The molecule has 0 N–H and O–H groups in total. The van der Waals surface area contributed by atoms with Gasteiger partial charge in [0.25, 0.3) is 0 Å². The second-order valence-electron chi connectivity index (χ2n) is 7.42. The minimum atomic E-state index is -0.0792. The molecule has 0 aliphatic carbocycles. The Morgan fingerprint density at radius 3 is 2.28 bits per heavy atom. The molecule has 0 saturated carbocycles. The molecule has 0 unspecified atom stereocenters. The number of para-hydroxylation sites is 2. The van der Waals surface area contributed by atoms with Gasteiger partial charge in [0.1, 0.15) is 11.5 Å². The molecule has 0 amide bonds. The fraction of sp³-hybridized carbons (Fsp3) is 0.400. The van der Waals surface area contributed by atoms with Gasteiger partial charge < -0.3 is 14.4 Å². The van der Waals surface area contributed by atoms with Crippen molar-refractivity contribution in [2.45, 2.75) is 39.0 Å². The van der Waals surface area contributed by atoms with E-state index in [0.717, 1.165) is 61.4 Å². The summed E-state index contributed by atoms with van der Waals surface area (Å²) < 4.78 is 11.0. The Kier molecular flexibility index (Phi) is 7.88. The van der Waals surface area contributed by atoms with Crippen LogP contribution in [0.3, 0.4) is 0 Å². The summed E-state index contributed by atoms with van der Waals surface area (Å²) in [6.45, 7) is 4.37. The highest BCUT2D eigenvalue weighted by molar-refractivity contribution is 5.87. The summed E-state index contributed by atoms with van der Waals surface area (Å²) in [5.74, 6) is 1.77. The fourth-order valence-corrected chi connectivity index (χ4v) is 3.64. The normalized spacial score (nSPS) is 12.2. The summed E-state index contributed by atoms with van der Waals surface area (Å²) in [6.07, 6.45) is 6.91. The third-order valence-corrected chi connectivity index (χ3v) is 5.16. The molecular weight excluding hydrogens is 362 g/mol. The number of carbonyl (C=O) groups is 1. The van der Waals surface area contributed by atoms with E-state index in [1.165, 1.54) is 5.57 Å². The molecule has 0 bridgehead atoms. The van der Waals surface area contributed by atoms with E-state index in [-0.39, 0.29) is 5.97 Å². The molecule has 4 heteroatoms. The number of hydrogen-bond donors (Lipinski definition) is 0. The number of carbonyl (C=O) groups excluding carboxylic acids is 1. The number of unbranched alkanes of at least 4 members (excludes halogenated alkanes) is 2. The maximum Gasteiger partial charge on any atom is 0.305 e. The Balaban J connectivity index is 1.50. The van der Waals surface area contributed by atoms with Gasteiger partial charge in [0, 0.05) is 24.1 Å². The first-order valence-corrected chi connectivity index (χ1v) is 10.6. The molecule has 29 heavy (non-hydrogen) atoms. The van der Waals surface area contributed by atoms with E-state index in [0.29, 0.717) is 13.0 Å². The lowest BCUT2D eigenvalue weighted by Crippen LogP contribution is -2.20. The predicted molar refractivity (Wildman–Crippen MR) is 117 cm³/mol. The molecular formula is C25H31NO3. The molecule has 0 atom stereocenters. The van der Waals surface area contributed by atoms with E-state index in [9.17, 15) is 4.79 Å². The van der Waals surface area contributed by atoms with Gasteiger partial charge in [0.05, 0.1) is 6.61 Å². The van der Waals surface area contributed by atoms with Crippen molar-refractivity contribution in [1.29, 1.82) is 0 Å². The molecule has 2 aromatic rings. The largest absolute Gasteiger partial charge is 0.466 e. The second-order valence-corrected chi connectivity index (χ2v) is 7.42. The van der Waals surface area contributed by atoms with E-state index in [2.05, 4.69) is 42.3 Å². The van der Waals surface area contributed by atoms with Crippen molar-refractivity contribution in [2.24, 2.45) is 0 Å². The molecule has 1 aliphatic rings. The second kappa shape index (κ2) is 10.8. The van der Waals surface area contributed by atoms with E-state index in [1.54, 1.807) is 0 Å². The minimum absolute atomic E-state index is 0.0792. The molecule has 154 valence electrons. The van der Waals surface area contributed by atoms with Crippen molar-refractivity contribution in [3.05, 3.63) is 65.7 Å². The smallest absolute Gasteiger partial charge is 0.305 e. The SMILES string of the molecule is CCOC(=O)CCCCCN(C)CCC=C1c2ccccc2Oc2ccccc21. The van der Waals surface area contributed by atoms with E-state index in [1.807, 2.05) is 31.2 Å². The first-order chi connectivity index (χ1) is 14.2. The Hall–Kier alpha value is -2.59. The Bertz CT molecular complexity index is 796. The van der Waals surface area contributed by atoms with Gasteiger partial charge in [-0.3, -0.25) is 4.79 Å². The highest BCUT2D eigenvalue weighted by Gasteiger charge is 2.20.